The number of aromatic nitrogens is 2. The van der Waals surface area contributed by atoms with Crippen LogP contribution in [0.3, 0.4) is 0 Å². The first kappa shape index (κ1) is 18.8. The summed E-state index contributed by atoms with van der Waals surface area (Å²) in [5.74, 6) is 0.478. The van der Waals surface area contributed by atoms with Crippen LogP contribution in [0.1, 0.15) is 47.2 Å². The van der Waals surface area contributed by atoms with Crippen molar-refractivity contribution in [3.8, 4) is 5.69 Å². The first-order chi connectivity index (χ1) is 10.9. The van der Waals surface area contributed by atoms with Gasteiger partial charge in [-0.15, -0.1) is 0 Å². The third kappa shape index (κ3) is 4.11. The maximum absolute atomic E-state index is 12.4. The molecule has 0 aliphatic heterocycles. The van der Waals surface area contributed by atoms with Crippen molar-refractivity contribution in [3.05, 3.63) is 40.0 Å². The Hall–Kier alpha value is -1.52. The third-order valence-electron chi connectivity index (χ3n) is 3.54. The number of carbonyl (C=O) groups is 1. The molecule has 4 nitrogen and oxygen atoms in total. The Labute approximate surface area is 153 Å². The summed E-state index contributed by atoms with van der Waals surface area (Å²) in [6.45, 7) is 11.8. The minimum absolute atomic E-state index is 0.0951. The van der Waals surface area contributed by atoms with Gasteiger partial charge < -0.3 is 5.32 Å². The van der Waals surface area contributed by atoms with E-state index in [4.69, 9.17) is 23.2 Å². The number of amides is 1. The van der Waals surface area contributed by atoms with E-state index < -0.39 is 5.41 Å². The fourth-order valence-electron chi connectivity index (χ4n) is 1.97. The van der Waals surface area contributed by atoms with E-state index in [1.807, 2.05) is 26.8 Å². The molecule has 1 aromatic heterocycles. The molecule has 2 aromatic rings. The van der Waals surface area contributed by atoms with Gasteiger partial charge in [0.05, 0.1) is 16.4 Å². The standard InChI is InChI=1S/C18H23Cl2N3O/c1-17(2,3)14-10-15(21-16(24)18(4,5)6)23(22-14)13-9-11(19)7-8-12(13)20/h7-10H,1-6H3,(H,21,24). The molecule has 1 N–H and O–H groups in total. The molecule has 0 radical (unpaired) electrons. The lowest BCUT2D eigenvalue weighted by molar-refractivity contribution is -0.123. The van der Waals surface area contributed by atoms with Crippen molar-refractivity contribution >= 4 is 34.9 Å². The number of anilines is 1. The van der Waals surface area contributed by atoms with Gasteiger partial charge >= 0.3 is 0 Å². The summed E-state index contributed by atoms with van der Waals surface area (Å²) >= 11 is 12.4. The minimum Gasteiger partial charge on any atom is -0.310 e. The van der Waals surface area contributed by atoms with Crippen LogP contribution >= 0.6 is 23.2 Å². The molecular weight excluding hydrogens is 345 g/mol. The molecule has 0 bridgehead atoms. The summed E-state index contributed by atoms with van der Waals surface area (Å²) in [7, 11) is 0. The van der Waals surface area contributed by atoms with Gasteiger partial charge in [0.25, 0.3) is 0 Å². The highest BCUT2D eigenvalue weighted by atomic mass is 35.5. The van der Waals surface area contributed by atoms with Gasteiger partial charge in [-0.3, -0.25) is 4.79 Å². The van der Waals surface area contributed by atoms with Crippen LogP contribution in [0.4, 0.5) is 5.82 Å². The van der Waals surface area contributed by atoms with E-state index in [-0.39, 0.29) is 11.3 Å². The van der Waals surface area contributed by atoms with Gasteiger partial charge in [-0.25, -0.2) is 4.68 Å². The summed E-state index contributed by atoms with van der Waals surface area (Å²) in [6, 6.07) is 7.04. The monoisotopic (exact) mass is 367 g/mol. The van der Waals surface area contributed by atoms with Crippen molar-refractivity contribution in [2.45, 2.75) is 47.0 Å². The zero-order valence-electron chi connectivity index (χ0n) is 14.9. The van der Waals surface area contributed by atoms with Crippen LogP contribution < -0.4 is 5.32 Å². The van der Waals surface area contributed by atoms with Crippen molar-refractivity contribution in [2.75, 3.05) is 5.32 Å². The van der Waals surface area contributed by atoms with Gasteiger partial charge in [-0.05, 0) is 18.2 Å². The van der Waals surface area contributed by atoms with Gasteiger partial charge in [0.1, 0.15) is 5.82 Å². The van der Waals surface area contributed by atoms with Gasteiger partial charge in [0.2, 0.25) is 5.91 Å². The average Bonchev–Trinajstić information content (AvgIpc) is 2.84. The number of nitrogens with zero attached hydrogens (tertiary/aromatic N) is 2. The number of nitrogens with one attached hydrogen (secondary N) is 1. The Balaban J connectivity index is 2.59. The molecule has 6 heteroatoms. The molecule has 0 atom stereocenters. The molecule has 2 rings (SSSR count). The molecule has 0 fully saturated rings. The fraction of sp³-hybridized carbons (Fsp3) is 0.444. The number of halogens is 2. The van der Waals surface area contributed by atoms with Crippen molar-refractivity contribution < 1.29 is 4.79 Å². The second-order valence-corrected chi connectivity index (χ2v) is 8.72. The molecule has 0 aliphatic carbocycles. The van der Waals surface area contributed by atoms with Crippen LogP contribution in [0.5, 0.6) is 0 Å². The molecule has 0 unspecified atom stereocenters. The SMILES string of the molecule is CC(C)(C)C(=O)Nc1cc(C(C)(C)C)nn1-c1cc(Cl)ccc1Cl. The highest BCUT2D eigenvalue weighted by Gasteiger charge is 2.26. The zero-order valence-corrected chi connectivity index (χ0v) is 16.4. The highest BCUT2D eigenvalue weighted by molar-refractivity contribution is 6.34. The second kappa shape index (κ2) is 6.41. The summed E-state index contributed by atoms with van der Waals surface area (Å²) in [5, 5.41) is 8.66. The number of rotatable bonds is 2. The van der Waals surface area contributed by atoms with Gasteiger partial charge in [0.15, 0.2) is 0 Å². The van der Waals surface area contributed by atoms with Gasteiger partial charge in [0, 0.05) is 21.9 Å². The van der Waals surface area contributed by atoms with E-state index in [0.29, 0.717) is 21.6 Å². The van der Waals surface area contributed by atoms with Crippen molar-refractivity contribution in [1.82, 2.24) is 9.78 Å². The summed E-state index contributed by atoms with van der Waals surface area (Å²) in [6.07, 6.45) is 0. The first-order valence-electron chi connectivity index (χ1n) is 7.77. The normalized spacial score (nSPS) is 12.3. The van der Waals surface area contributed by atoms with Gasteiger partial charge in [-0.1, -0.05) is 64.7 Å². The lowest BCUT2D eigenvalue weighted by Gasteiger charge is -2.18. The molecule has 0 saturated heterocycles. The molecule has 1 heterocycles. The van der Waals surface area contributed by atoms with Crippen LogP contribution in [0.15, 0.2) is 24.3 Å². The maximum Gasteiger partial charge on any atom is 0.230 e. The number of hydrogen-bond acceptors (Lipinski definition) is 2. The number of carbonyl (C=O) groups excluding carboxylic acids is 1. The van der Waals surface area contributed by atoms with E-state index >= 15 is 0 Å². The Kier molecular flexibility index (Phi) is 5.03. The quantitative estimate of drug-likeness (QED) is 0.765. The number of hydrogen-bond donors (Lipinski definition) is 1. The van der Waals surface area contributed by atoms with E-state index in [2.05, 4.69) is 31.2 Å². The van der Waals surface area contributed by atoms with Crippen LogP contribution in [-0.4, -0.2) is 15.7 Å². The molecule has 0 spiro atoms. The first-order valence-corrected chi connectivity index (χ1v) is 8.52. The lowest BCUT2D eigenvalue weighted by Crippen LogP contribution is -2.28. The van der Waals surface area contributed by atoms with Crippen LogP contribution in [0.25, 0.3) is 5.69 Å². The molecule has 130 valence electrons. The van der Waals surface area contributed by atoms with Gasteiger partial charge in [-0.2, -0.15) is 5.10 Å². The van der Waals surface area contributed by atoms with Crippen molar-refractivity contribution in [1.29, 1.82) is 0 Å². The second-order valence-electron chi connectivity index (χ2n) is 7.88. The van der Waals surface area contributed by atoms with Crippen LogP contribution in [0, 0.1) is 5.41 Å². The predicted molar refractivity (Wildman–Crippen MR) is 100 cm³/mol. The van der Waals surface area contributed by atoms with E-state index in [0.717, 1.165) is 5.69 Å². The Bertz CT molecular complexity index is 768. The molecule has 1 aromatic carbocycles. The highest BCUT2D eigenvalue weighted by Crippen LogP contribution is 2.31. The fourth-order valence-corrected chi connectivity index (χ4v) is 2.34. The molecule has 0 saturated carbocycles. The topological polar surface area (TPSA) is 46.9 Å². The Morgan fingerprint density at radius 1 is 1.08 bits per heavy atom. The van der Waals surface area contributed by atoms with Crippen molar-refractivity contribution in [2.24, 2.45) is 5.41 Å². The summed E-state index contributed by atoms with van der Waals surface area (Å²) < 4.78 is 1.64. The van der Waals surface area contributed by atoms with E-state index in [9.17, 15) is 4.79 Å². The number of benzene rings is 1. The molecule has 0 aliphatic rings. The summed E-state index contributed by atoms with van der Waals surface area (Å²) in [5.41, 5.74) is 0.790. The van der Waals surface area contributed by atoms with Crippen molar-refractivity contribution in [3.63, 3.8) is 0 Å². The Morgan fingerprint density at radius 2 is 1.71 bits per heavy atom. The smallest absolute Gasteiger partial charge is 0.230 e. The molecule has 24 heavy (non-hydrogen) atoms. The third-order valence-corrected chi connectivity index (χ3v) is 4.09. The van der Waals surface area contributed by atoms with Crippen LogP contribution in [0.2, 0.25) is 10.0 Å². The molecule has 1 amide bonds. The zero-order chi connectivity index (χ0) is 18.3. The molecular formula is C18H23Cl2N3O. The maximum atomic E-state index is 12.4. The van der Waals surface area contributed by atoms with E-state index in [1.165, 1.54) is 0 Å². The lowest BCUT2D eigenvalue weighted by atomic mass is 9.92. The van der Waals surface area contributed by atoms with Crippen LogP contribution in [-0.2, 0) is 10.2 Å². The minimum atomic E-state index is -0.519. The summed E-state index contributed by atoms with van der Waals surface area (Å²) in [4.78, 5) is 12.4. The largest absolute Gasteiger partial charge is 0.310 e. The van der Waals surface area contributed by atoms with E-state index in [1.54, 1.807) is 22.9 Å². The average molecular weight is 368 g/mol. The Morgan fingerprint density at radius 3 is 2.25 bits per heavy atom. The predicted octanol–water partition coefficient (Wildman–Crippen LogP) is 5.46.